The molecule has 1 saturated carbocycles. The molecule has 2 aliphatic heterocycles. The molecule has 2 saturated heterocycles. The quantitative estimate of drug-likeness (QED) is 0.799. The molecule has 4 nitrogen and oxygen atoms in total. The first-order valence-corrected chi connectivity index (χ1v) is 9.89. The van der Waals surface area contributed by atoms with Crippen LogP contribution in [0.3, 0.4) is 0 Å². The van der Waals surface area contributed by atoms with Gasteiger partial charge >= 0.3 is 0 Å². The van der Waals surface area contributed by atoms with E-state index in [1.807, 2.05) is 24.0 Å². The van der Waals surface area contributed by atoms with Gasteiger partial charge in [-0.3, -0.25) is 4.90 Å². The Hall–Kier alpha value is -0.490. The lowest BCUT2D eigenvalue weighted by Crippen LogP contribution is -2.36. The van der Waals surface area contributed by atoms with E-state index in [2.05, 4.69) is 21.7 Å². The van der Waals surface area contributed by atoms with Crippen molar-refractivity contribution in [2.75, 3.05) is 46.4 Å². The first-order valence-electron chi connectivity index (χ1n) is 9.01. The molecular formula is C18H29N3OS. The summed E-state index contributed by atoms with van der Waals surface area (Å²) in [7, 11) is 1.87. The molecule has 0 unspecified atom stereocenters. The van der Waals surface area contributed by atoms with Crippen LogP contribution in [0.2, 0.25) is 0 Å². The predicted octanol–water partition coefficient (Wildman–Crippen LogP) is 2.63. The second-order valence-electron chi connectivity index (χ2n) is 7.97. The van der Waals surface area contributed by atoms with Gasteiger partial charge in [-0.1, -0.05) is 0 Å². The first-order chi connectivity index (χ1) is 11.2. The molecule has 2 atom stereocenters. The molecule has 3 heterocycles. The predicted molar refractivity (Wildman–Crippen MR) is 93.7 cm³/mol. The van der Waals surface area contributed by atoms with Crippen LogP contribution in [0.25, 0.3) is 0 Å². The van der Waals surface area contributed by atoms with Crippen LogP contribution in [0.5, 0.6) is 0 Å². The molecule has 0 aromatic carbocycles. The first kappa shape index (κ1) is 16.0. The van der Waals surface area contributed by atoms with E-state index in [9.17, 15) is 0 Å². The Labute approximate surface area is 143 Å². The highest BCUT2D eigenvalue weighted by Crippen LogP contribution is 2.45. The van der Waals surface area contributed by atoms with Crippen LogP contribution >= 0.6 is 11.3 Å². The number of aromatic nitrogens is 1. The van der Waals surface area contributed by atoms with Crippen LogP contribution < -0.4 is 0 Å². The highest BCUT2D eigenvalue weighted by molar-refractivity contribution is 7.09. The fraction of sp³-hybridized carbons (Fsp3) is 0.833. The van der Waals surface area contributed by atoms with Gasteiger partial charge < -0.3 is 9.64 Å². The third-order valence-electron chi connectivity index (χ3n) is 6.14. The van der Waals surface area contributed by atoms with E-state index in [-0.39, 0.29) is 0 Å². The fourth-order valence-corrected chi connectivity index (χ4v) is 5.46. The van der Waals surface area contributed by atoms with Crippen LogP contribution in [0.15, 0.2) is 5.51 Å². The zero-order chi connectivity index (χ0) is 15.9. The number of likely N-dealkylation sites (tertiary alicyclic amines) is 2. The fourth-order valence-electron chi connectivity index (χ4n) is 4.64. The molecule has 1 aliphatic carbocycles. The zero-order valence-electron chi connectivity index (χ0n) is 14.5. The Morgan fingerprint density at radius 1 is 1.35 bits per heavy atom. The zero-order valence-corrected chi connectivity index (χ0v) is 15.3. The molecule has 0 bridgehead atoms. The lowest BCUT2D eigenvalue weighted by Gasteiger charge is -2.30. The molecular weight excluding hydrogens is 306 g/mol. The van der Waals surface area contributed by atoms with Crippen molar-refractivity contribution in [2.24, 2.45) is 17.3 Å². The average molecular weight is 336 g/mol. The van der Waals surface area contributed by atoms with Crippen LogP contribution in [-0.4, -0.2) is 61.2 Å². The van der Waals surface area contributed by atoms with Gasteiger partial charge in [-0.15, -0.1) is 11.3 Å². The Morgan fingerprint density at radius 3 is 2.87 bits per heavy atom. The molecule has 1 aromatic heterocycles. The Morgan fingerprint density at radius 2 is 2.17 bits per heavy atom. The van der Waals surface area contributed by atoms with Crippen molar-refractivity contribution >= 4 is 11.3 Å². The maximum atomic E-state index is 5.59. The molecule has 5 heteroatoms. The molecule has 128 valence electrons. The van der Waals surface area contributed by atoms with E-state index < -0.39 is 0 Å². The summed E-state index contributed by atoms with van der Waals surface area (Å²) in [6.45, 7) is 10.5. The van der Waals surface area contributed by atoms with E-state index in [1.54, 1.807) is 0 Å². The standard InChI is InChI=1S/C18H29N3OS/c1-14-17(23-13-19-14)9-20-6-5-18(11-20)12-21(7-15-3-4-15)8-16(18)10-22-2/h13,15-16H,3-12H2,1-2H3/t16-,18+/m0/s1. The average Bonchev–Trinajstić information content (AvgIpc) is 2.96. The van der Waals surface area contributed by atoms with Crippen LogP contribution in [0.4, 0.5) is 0 Å². The number of ether oxygens (including phenoxy) is 1. The van der Waals surface area contributed by atoms with Crippen molar-refractivity contribution in [2.45, 2.75) is 32.7 Å². The van der Waals surface area contributed by atoms with E-state index >= 15 is 0 Å². The summed E-state index contributed by atoms with van der Waals surface area (Å²) in [6.07, 6.45) is 4.24. The van der Waals surface area contributed by atoms with Crippen molar-refractivity contribution in [1.29, 1.82) is 0 Å². The van der Waals surface area contributed by atoms with Gasteiger partial charge in [0.05, 0.1) is 17.8 Å². The normalized spacial score (nSPS) is 32.3. The maximum absolute atomic E-state index is 5.59. The molecule has 0 amide bonds. The number of aryl methyl sites for hydroxylation is 1. The summed E-state index contributed by atoms with van der Waals surface area (Å²) >= 11 is 1.81. The summed E-state index contributed by atoms with van der Waals surface area (Å²) < 4.78 is 5.59. The SMILES string of the molecule is COC[C@@H]1CN(CC2CC2)C[C@]12CCN(Cc1scnc1C)C2. The number of nitrogens with zero attached hydrogens (tertiary/aromatic N) is 3. The molecule has 0 N–H and O–H groups in total. The van der Waals surface area contributed by atoms with Crippen LogP contribution in [0, 0.1) is 24.2 Å². The van der Waals surface area contributed by atoms with Crippen LogP contribution in [-0.2, 0) is 11.3 Å². The summed E-state index contributed by atoms with van der Waals surface area (Å²) in [6, 6.07) is 0. The van der Waals surface area contributed by atoms with Gasteiger partial charge in [0.15, 0.2) is 0 Å². The molecule has 4 rings (SSSR count). The summed E-state index contributed by atoms with van der Waals surface area (Å²) in [5.41, 5.74) is 3.66. The van der Waals surface area contributed by atoms with Crippen LogP contribution in [0.1, 0.15) is 29.8 Å². The smallest absolute Gasteiger partial charge is 0.0798 e. The minimum Gasteiger partial charge on any atom is -0.384 e. The van der Waals surface area contributed by atoms with E-state index in [0.29, 0.717) is 11.3 Å². The van der Waals surface area contributed by atoms with Gasteiger partial charge in [0.2, 0.25) is 0 Å². The third kappa shape index (κ3) is 3.34. The van der Waals surface area contributed by atoms with Crippen molar-refractivity contribution in [1.82, 2.24) is 14.8 Å². The Bertz CT molecular complexity index is 544. The van der Waals surface area contributed by atoms with E-state index in [4.69, 9.17) is 4.74 Å². The molecule has 23 heavy (non-hydrogen) atoms. The molecule has 3 fully saturated rings. The monoisotopic (exact) mass is 335 g/mol. The molecule has 1 spiro atoms. The largest absolute Gasteiger partial charge is 0.384 e. The van der Waals surface area contributed by atoms with Gasteiger partial charge in [-0.2, -0.15) is 0 Å². The molecule has 3 aliphatic rings. The minimum absolute atomic E-state index is 0.462. The number of thiazole rings is 1. The van der Waals surface area contributed by atoms with Crippen molar-refractivity contribution in [3.05, 3.63) is 16.1 Å². The summed E-state index contributed by atoms with van der Waals surface area (Å²) in [4.78, 5) is 11.2. The van der Waals surface area contributed by atoms with Gasteiger partial charge in [0, 0.05) is 56.0 Å². The van der Waals surface area contributed by atoms with Gasteiger partial charge in [0.25, 0.3) is 0 Å². The van der Waals surface area contributed by atoms with Crippen molar-refractivity contribution in [3.8, 4) is 0 Å². The Kier molecular flexibility index (Phi) is 4.47. The minimum atomic E-state index is 0.462. The highest BCUT2D eigenvalue weighted by Gasteiger charge is 2.50. The summed E-state index contributed by atoms with van der Waals surface area (Å²) in [5.74, 6) is 1.70. The number of hydrogen-bond acceptors (Lipinski definition) is 5. The highest BCUT2D eigenvalue weighted by atomic mass is 32.1. The second kappa shape index (κ2) is 6.43. The third-order valence-corrected chi connectivity index (χ3v) is 7.06. The number of rotatable bonds is 6. The van der Waals surface area contributed by atoms with Gasteiger partial charge in [-0.25, -0.2) is 4.98 Å². The lowest BCUT2D eigenvalue weighted by atomic mass is 9.77. The number of methoxy groups -OCH3 is 1. The maximum Gasteiger partial charge on any atom is 0.0798 e. The van der Waals surface area contributed by atoms with Crippen molar-refractivity contribution < 1.29 is 4.74 Å². The van der Waals surface area contributed by atoms with Gasteiger partial charge in [-0.05, 0) is 38.6 Å². The number of hydrogen-bond donors (Lipinski definition) is 0. The molecule has 0 radical (unpaired) electrons. The van der Waals surface area contributed by atoms with Crippen molar-refractivity contribution in [3.63, 3.8) is 0 Å². The molecule has 1 aromatic rings. The second-order valence-corrected chi connectivity index (χ2v) is 8.91. The van der Waals surface area contributed by atoms with E-state index in [1.165, 1.54) is 62.6 Å². The van der Waals surface area contributed by atoms with Gasteiger partial charge in [0.1, 0.15) is 0 Å². The lowest BCUT2D eigenvalue weighted by molar-refractivity contribution is 0.0959. The summed E-state index contributed by atoms with van der Waals surface area (Å²) in [5, 5.41) is 0. The Balaban J connectivity index is 1.42. The van der Waals surface area contributed by atoms with E-state index in [0.717, 1.165) is 19.1 Å². The topological polar surface area (TPSA) is 28.6 Å².